The first kappa shape index (κ1) is 11.4. The summed E-state index contributed by atoms with van der Waals surface area (Å²) < 4.78 is 37.1. The van der Waals surface area contributed by atoms with Gasteiger partial charge in [0.05, 0.1) is 11.5 Å². The fourth-order valence-corrected chi connectivity index (χ4v) is 1.97. The van der Waals surface area contributed by atoms with E-state index in [-0.39, 0.29) is 19.3 Å². The topological polar surface area (TPSA) is 20.2 Å². The molecule has 0 heterocycles. The molecule has 1 aliphatic carbocycles. The van der Waals surface area contributed by atoms with Crippen LogP contribution in [-0.2, 0) is 0 Å². The Labute approximate surface area is 81.3 Å². The second-order valence-electron chi connectivity index (χ2n) is 3.94. The minimum atomic E-state index is -4.21. The van der Waals surface area contributed by atoms with Gasteiger partial charge >= 0.3 is 6.18 Å². The highest BCUT2D eigenvalue weighted by Gasteiger charge is 2.46. The molecule has 14 heavy (non-hydrogen) atoms. The molecule has 0 saturated heterocycles. The fraction of sp³-hybridized carbons (Fsp3) is 0.800. The fourth-order valence-electron chi connectivity index (χ4n) is 1.97. The van der Waals surface area contributed by atoms with E-state index in [0.717, 1.165) is 0 Å². The van der Waals surface area contributed by atoms with E-state index < -0.39 is 17.7 Å². The highest BCUT2D eigenvalue weighted by molar-refractivity contribution is 4.98. The molecule has 0 aliphatic heterocycles. The number of hydrogen-bond acceptors (Lipinski definition) is 1. The van der Waals surface area contributed by atoms with Gasteiger partial charge in [-0.15, -0.1) is 12.3 Å². The number of aliphatic hydroxyl groups is 1. The molecule has 0 aromatic rings. The Bertz CT molecular complexity index is 241. The van der Waals surface area contributed by atoms with Gasteiger partial charge in [0.25, 0.3) is 0 Å². The number of hydrogen-bond donors (Lipinski definition) is 1. The van der Waals surface area contributed by atoms with E-state index in [1.165, 1.54) is 0 Å². The van der Waals surface area contributed by atoms with Gasteiger partial charge in [-0.05, 0) is 25.7 Å². The molecule has 2 atom stereocenters. The zero-order valence-electron chi connectivity index (χ0n) is 7.77. The second kappa shape index (κ2) is 3.82. The molecule has 80 valence electrons. The van der Waals surface area contributed by atoms with Crippen LogP contribution >= 0.6 is 0 Å². The van der Waals surface area contributed by atoms with Crippen molar-refractivity contribution < 1.29 is 18.3 Å². The van der Waals surface area contributed by atoms with Gasteiger partial charge in [0.2, 0.25) is 0 Å². The maximum absolute atomic E-state index is 12.4. The molecule has 1 N–H and O–H groups in total. The maximum atomic E-state index is 12.4. The minimum Gasteiger partial charge on any atom is -0.389 e. The Balaban J connectivity index is 2.65. The Hall–Kier alpha value is -0.690. The first-order chi connectivity index (χ1) is 6.37. The summed E-state index contributed by atoms with van der Waals surface area (Å²) in [4.78, 5) is 0. The molecule has 0 amide bonds. The van der Waals surface area contributed by atoms with Gasteiger partial charge in [0.15, 0.2) is 0 Å². The van der Waals surface area contributed by atoms with Crippen LogP contribution in [-0.4, -0.2) is 16.9 Å². The number of rotatable bonds is 1. The van der Waals surface area contributed by atoms with E-state index in [1.807, 2.05) is 0 Å². The summed E-state index contributed by atoms with van der Waals surface area (Å²) in [5, 5.41) is 9.76. The van der Waals surface area contributed by atoms with Crippen molar-refractivity contribution in [2.24, 2.45) is 5.92 Å². The van der Waals surface area contributed by atoms with Crippen LogP contribution in [0.2, 0.25) is 0 Å². The van der Waals surface area contributed by atoms with Crippen LogP contribution < -0.4 is 0 Å². The molecule has 2 unspecified atom stereocenters. The van der Waals surface area contributed by atoms with Gasteiger partial charge in [-0.1, -0.05) is 0 Å². The molecule has 1 fully saturated rings. The molecule has 0 aromatic carbocycles. The second-order valence-corrected chi connectivity index (χ2v) is 3.94. The third-order valence-electron chi connectivity index (χ3n) is 2.72. The van der Waals surface area contributed by atoms with Crippen molar-refractivity contribution in [1.29, 1.82) is 0 Å². The van der Waals surface area contributed by atoms with Crippen molar-refractivity contribution in [1.82, 2.24) is 0 Å². The lowest BCUT2D eigenvalue weighted by Gasteiger charge is -2.36. The maximum Gasteiger partial charge on any atom is 0.391 e. The van der Waals surface area contributed by atoms with Crippen molar-refractivity contribution in [3.63, 3.8) is 0 Å². The Morgan fingerprint density at radius 1 is 1.50 bits per heavy atom. The minimum absolute atomic E-state index is 0.0135. The highest BCUT2D eigenvalue weighted by atomic mass is 19.4. The van der Waals surface area contributed by atoms with Gasteiger partial charge < -0.3 is 5.11 Å². The van der Waals surface area contributed by atoms with Gasteiger partial charge in [-0.3, -0.25) is 0 Å². The van der Waals surface area contributed by atoms with Crippen LogP contribution in [0.4, 0.5) is 13.2 Å². The summed E-state index contributed by atoms with van der Waals surface area (Å²) in [7, 11) is 0. The monoisotopic (exact) mass is 206 g/mol. The molecule has 1 rings (SSSR count). The smallest absolute Gasteiger partial charge is 0.389 e. The molecular formula is C10H13F3O. The normalized spacial score (nSPS) is 33.8. The van der Waals surface area contributed by atoms with Crippen molar-refractivity contribution in [2.45, 2.75) is 43.9 Å². The van der Waals surface area contributed by atoms with Crippen LogP contribution in [0.15, 0.2) is 0 Å². The molecule has 0 aromatic heterocycles. The predicted octanol–water partition coefficient (Wildman–Crippen LogP) is 2.49. The third kappa shape index (κ3) is 2.65. The summed E-state index contributed by atoms with van der Waals surface area (Å²) >= 11 is 0. The average Bonchev–Trinajstić information content (AvgIpc) is 2.02. The Morgan fingerprint density at radius 2 is 2.14 bits per heavy atom. The van der Waals surface area contributed by atoms with Crippen molar-refractivity contribution in [3.05, 3.63) is 0 Å². The van der Waals surface area contributed by atoms with Crippen molar-refractivity contribution in [2.75, 3.05) is 0 Å². The Morgan fingerprint density at radius 3 is 2.64 bits per heavy atom. The number of halogens is 3. The van der Waals surface area contributed by atoms with Gasteiger partial charge in [-0.25, -0.2) is 0 Å². The first-order valence-electron chi connectivity index (χ1n) is 4.60. The largest absolute Gasteiger partial charge is 0.391 e. The predicted molar refractivity (Wildman–Crippen MR) is 46.4 cm³/mol. The van der Waals surface area contributed by atoms with E-state index in [4.69, 9.17) is 6.42 Å². The standard InChI is InChI=1S/C10H13F3O/c1-2-5-9(14)6-3-4-8(7-9)10(11,12)13/h1,8,14H,3-7H2. The van der Waals surface area contributed by atoms with Gasteiger partial charge in [0, 0.05) is 6.42 Å². The molecule has 1 aliphatic rings. The average molecular weight is 206 g/mol. The van der Waals surface area contributed by atoms with Crippen LogP contribution in [0.5, 0.6) is 0 Å². The molecule has 1 nitrogen and oxygen atoms in total. The molecular weight excluding hydrogens is 193 g/mol. The quantitative estimate of drug-likeness (QED) is 0.653. The summed E-state index contributed by atoms with van der Waals surface area (Å²) in [6, 6.07) is 0. The number of terminal acetylenes is 1. The van der Waals surface area contributed by atoms with Crippen LogP contribution in [0, 0.1) is 18.3 Å². The van der Waals surface area contributed by atoms with Gasteiger partial charge in [-0.2, -0.15) is 13.2 Å². The summed E-state index contributed by atoms with van der Waals surface area (Å²) in [5.74, 6) is 0.839. The summed E-state index contributed by atoms with van der Waals surface area (Å²) in [6.07, 6.45) is 1.44. The third-order valence-corrected chi connectivity index (χ3v) is 2.72. The molecule has 0 spiro atoms. The summed E-state index contributed by atoms with van der Waals surface area (Å²) in [5.41, 5.74) is -1.30. The molecule has 0 bridgehead atoms. The zero-order chi connectivity index (χ0) is 10.8. The zero-order valence-corrected chi connectivity index (χ0v) is 7.77. The first-order valence-corrected chi connectivity index (χ1v) is 4.60. The summed E-state index contributed by atoms with van der Waals surface area (Å²) in [6.45, 7) is 0. The van der Waals surface area contributed by atoms with E-state index in [2.05, 4.69) is 5.92 Å². The lowest BCUT2D eigenvalue weighted by atomic mass is 9.76. The number of alkyl halides is 3. The van der Waals surface area contributed by atoms with E-state index in [9.17, 15) is 18.3 Å². The van der Waals surface area contributed by atoms with Crippen molar-refractivity contribution in [3.8, 4) is 12.3 Å². The van der Waals surface area contributed by atoms with Gasteiger partial charge in [0.1, 0.15) is 0 Å². The van der Waals surface area contributed by atoms with Crippen LogP contribution in [0.25, 0.3) is 0 Å². The van der Waals surface area contributed by atoms with E-state index >= 15 is 0 Å². The molecule has 4 heteroatoms. The van der Waals surface area contributed by atoms with E-state index in [0.29, 0.717) is 12.8 Å². The van der Waals surface area contributed by atoms with E-state index in [1.54, 1.807) is 0 Å². The molecule has 1 saturated carbocycles. The lowest BCUT2D eigenvalue weighted by molar-refractivity contribution is -0.199. The van der Waals surface area contributed by atoms with Crippen molar-refractivity contribution >= 4 is 0 Å². The lowest BCUT2D eigenvalue weighted by Crippen LogP contribution is -2.40. The van der Waals surface area contributed by atoms with Crippen LogP contribution in [0.1, 0.15) is 32.1 Å². The SMILES string of the molecule is C#CCC1(O)CCCC(C(F)(F)F)C1. The Kier molecular flexibility index (Phi) is 3.10. The molecule has 0 radical (unpaired) electrons. The highest BCUT2D eigenvalue weighted by Crippen LogP contribution is 2.42. The van der Waals surface area contributed by atoms with Crippen LogP contribution in [0.3, 0.4) is 0 Å².